The van der Waals surface area contributed by atoms with E-state index in [1.165, 1.54) is 0 Å². The Morgan fingerprint density at radius 3 is 1.38 bits per heavy atom. The van der Waals surface area contributed by atoms with Crippen LogP contribution in [0.5, 0.6) is 0 Å². The van der Waals surface area contributed by atoms with Crippen LogP contribution in [0.4, 0.5) is 11.4 Å². The number of carboxylic acids is 2. The molecule has 0 amide bonds. The lowest BCUT2D eigenvalue weighted by Crippen LogP contribution is -2.07. The van der Waals surface area contributed by atoms with Crippen molar-refractivity contribution in [1.82, 2.24) is 0 Å². The zero-order valence-corrected chi connectivity index (χ0v) is 7.58. The summed E-state index contributed by atoms with van der Waals surface area (Å²) < 4.78 is 0. The van der Waals surface area contributed by atoms with Gasteiger partial charge in [0.2, 0.25) is 0 Å². The third-order valence-corrected chi connectivity index (χ3v) is 1.77. The Morgan fingerprint density at radius 2 is 1.19 bits per heavy atom. The summed E-state index contributed by atoms with van der Waals surface area (Å²) in [6.07, 6.45) is 0. The predicted octanol–water partition coefficient (Wildman–Crippen LogP) is 1.88. The van der Waals surface area contributed by atoms with E-state index in [0.29, 0.717) is 12.1 Å². The average molecular weight is 224 g/mol. The smallest absolute Gasteiger partial charge is 0.336 e. The topological polar surface area (TPSA) is 133 Å². The van der Waals surface area contributed by atoms with Crippen molar-refractivity contribution < 1.29 is 19.8 Å². The number of hydrogen-bond donors (Lipinski definition) is 2. The highest BCUT2D eigenvalue weighted by Crippen LogP contribution is 2.31. The fourth-order valence-corrected chi connectivity index (χ4v) is 1.08. The Bertz CT molecular complexity index is 451. The van der Waals surface area contributed by atoms with Gasteiger partial charge in [0.05, 0.1) is 11.1 Å². The summed E-state index contributed by atoms with van der Waals surface area (Å²) in [7, 11) is 0. The molecule has 0 bridgehead atoms. The van der Waals surface area contributed by atoms with Gasteiger partial charge in [-0.2, -0.15) is 0 Å². The van der Waals surface area contributed by atoms with E-state index in [4.69, 9.17) is 10.2 Å². The van der Waals surface area contributed by atoms with Gasteiger partial charge >= 0.3 is 11.9 Å². The maximum atomic E-state index is 10.7. The Labute approximate surface area is 87.5 Å². The monoisotopic (exact) mass is 224 g/mol. The number of aromatic carboxylic acids is 2. The molecule has 0 spiro atoms. The van der Waals surface area contributed by atoms with Gasteiger partial charge in [-0.05, 0) is 22.5 Å². The van der Waals surface area contributed by atoms with Crippen LogP contribution >= 0.6 is 0 Å². The number of rotatable bonds is 4. The molecule has 0 radical (unpaired) electrons. The number of carboxylic acid groups (broad SMARTS) is 2. The van der Waals surface area contributed by atoms with Crippen molar-refractivity contribution >= 4 is 23.3 Å². The molecule has 0 saturated carbocycles. The highest BCUT2D eigenvalue weighted by Gasteiger charge is 2.20. The van der Waals surface area contributed by atoms with E-state index in [-0.39, 0.29) is 0 Å². The molecule has 0 saturated heterocycles. The number of hydrogen-bond acceptors (Lipinski definition) is 6. The van der Waals surface area contributed by atoms with E-state index >= 15 is 0 Å². The zero-order valence-electron chi connectivity index (χ0n) is 7.58. The second-order valence-corrected chi connectivity index (χ2v) is 2.68. The second kappa shape index (κ2) is 4.26. The summed E-state index contributed by atoms with van der Waals surface area (Å²) in [4.78, 5) is 41.9. The fourth-order valence-electron chi connectivity index (χ4n) is 1.08. The summed E-state index contributed by atoms with van der Waals surface area (Å²) in [5.41, 5.74) is -2.29. The van der Waals surface area contributed by atoms with Crippen LogP contribution in [-0.2, 0) is 0 Å². The van der Waals surface area contributed by atoms with Gasteiger partial charge in [0.25, 0.3) is 0 Å². The maximum Gasteiger partial charge on any atom is 0.336 e. The molecule has 0 aliphatic rings. The SMILES string of the molecule is O=Nc1cc(C(=O)O)c(C(=O)O)cc1N=O. The van der Waals surface area contributed by atoms with E-state index < -0.39 is 34.4 Å². The van der Waals surface area contributed by atoms with Crippen molar-refractivity contribution in [1.29, 1.82) is 0 Å². The van der Waals surface area contributed by atoms with Crippen LogP contribution in [0.15, 0.2) is 22.5 Å². The zero-order chi connectivity index (χ0) is 12.3. The van der Waals surface area contributed by atoms with Crippen LogP contribution in [-0.4, -0.2) is 22.2 Å². The number of nitroso groups, excluding NO2 is 2. The van der Waals surface area contributed by atoms with Gasteiger partial charge in [0.15, 0.2) is 0 Å². The van der Waals surface area contributed by atoms with Gasteiger partial charge in [-0.3, -0.25) is 0 Å². The Balaban J connectivity index is 3.59. The first-order valence-corrected chi connectivity index (χ1v) is 3.82. The molecule has 0 fully saturated rings. The average Bonchev–Trinajstić information content (AvgIpc) is 2.26. The quantitative estimate of drug-likeness (QED) is 0.749. The summed E-state index contributed by atoms with van der Waals surface area (Å²) >= 11 is 0. The van der Waals surface area contributed by atoms with E-state index in [9.17, 15) is 19.4 Å². The molecule has 0 aliphatic heterocycles. The molecule has 0 atom stereocenters. The molecule has 0 aromatic heterocycles. The van der Waals surface area contributed by atoms with Gasteiger partial charge in [0, 0.05) is 0 Å². The minimum atomic E-state index is -1.54. The third kappa shape index (κ3) is 1.90. The lowest BCUT2D eigenvalue weighted by molar-refractivity contribution is 0.0651. The summed E-state index contributed by atoms with van der Waals surface area (Å²) in [5.74, 6) is -3.08. The molecule has 82 valence electrons. The molecule has 8 heteroatoms. The molecule has 0 heterocycles. The Hall–Kier alpha value is -2.64. The molecule has 16 heavy (non-hydrogen) atoms. The molecular weight excluding hydrogens is 220 g/mol. The van der Waals surface area contributed by atoms with Crippen LogP contribution in [0.1, 0.15) is 20.7 Å². The Morgan fingerprint density at radius 1 is 0.875 bits per heavy atom. The molecule has 0 aliphatic carbocycles. The second-order valence-electron chi connectivity index (χ2n) is 2.68. The van der Waals surface area contributed by atoms with Crippen LogP contribution in [0.25, 0.3) is 0 Å². The van der Waals surface area contributed by atoms with Crippen molar-refractivity contribution in [2.45, 2.75) is 0 Å². The minimum Gasteiger partial charge on any atom is -0.478 e. The van der Waals surface area contributed by atoms with E-state index in [2.05, 4.69) is 10.4 Å². The van der Waals surface area contributed by atoms with Crippen molar-refractivity contribution in [2.24, 2.45) is 10.4 Å². The molecule has 1 aromatic rings. The number of benzene rings is 1. The number of nitrogens with zero attached hydrogens (tertiary/aromatic N) is 2. The minimum absolute atomic E-state index is 0.516. The van der Waals surface area contributed by atoms with Crippen LogP contribution < -0.4 is 0 Å². The molecular formula is C8H4N2O6. The van der Waals surface area contributed by atoms with Crippen molar-refractivity contribution in [3.8, 4) is 0 Å². The maximum absolute atomic E-state index is 10.7. The molecule has 1 aromatic carbocycles. The van der Waals surface area contributed by atoms with Crippen LogP contribution in [0.2, 0.25) is 0 Å². The fraction of sp³-hybridized carbons (Fsp3) is 0. The first-order valence-electron chi connectivity index (χ1n) is 3.82. The summed E-state index contributed by atoms with van der Waals surface area (Å²) in [6.45, 7) is 0. The lowest BCUT2D eigenvalue weighted by atomic mass is 10.1. The van der Waals surface area contributed by atoms with Gasteiger partial charge in [-0.15, -0.1) is 9.81 Å². The van der Waals surface area contributed by atoms with Gasteiger partial charge < -0.3 is 10.2 Å². The highest BCUT2D eigenvalue weighted by atomic mass is 16.4. The highest BCUT2D eigenvalue weighted by molar-refractivity contribution is 6.03. The first kappa shape index (κ1) is 11.4. The summed E-state index contributed by atoms with van der Waals surface area (Å²) in [6, 6.07) is 1.38. The molecule has 0 unspecified atom stereocenters. The summed E-state index contributed by atoms with van der Waals surface area (Å²) in [5, 5.41) is 22.1. The van der Waals surface area contributed by atoms with E-state index in [1.807, 2.05) is 0 Å². The predicted molar refractivity (Wildman–Crippen MR) is 51.3 cm³/mol. The Kier molecular flexibility index (Phi) is 3.04. The van der Waals surface area contributed by atoms with Crippen molar-refractivity contribution in [2.75, 3.05) is 0 Å². The van der Waals surface area contributed by atoms with Crippen molar-refractivity contribution in [3.05, 3.63) is 33.1 Å². The van der Waals surface area contributed by atoms with Crippen LogP contribution in [0.3, 0.4) is 0 Å². The lowest BCUT2D eigenvalue weighted by Gasteiger charge is -2.02. The number of carbonyl (C=O) groups is 2. The molecule has 2 N–H and O–H groups in total. The first-order chi connectivity index (χ1) is 7.51. The van der Waals surface area contributed by atoms with Gasteiger partial charge in [-0.25, -0.2) is 9.59 Å². The largest absolute Gasteiger partial charge is 0.478 e. The normalized spacial score (nSPS) is 9.50. The van der Waals surface area contributed by atoms with Crippen molar-refractivity contribution in [3.63, 3.8) is 0 Å². The molecule has 8 nitrogen and oxygen atoms in total. The van der Waals surface area contributed by atoms with E-state index in [0.717, 1.165) is 0 Å². The van der Waals surface area contributed by atoms with Gasteiger partial charge in [0.1, 0.15) is 11.4 Å². The van der Waals surface area contributed by atoms with Crippen LogP contribution in [0, 0.1) is 9.81 Å². The van der Waals surface area contributed by atoms with E-state index in [1.54, 1.807) is 0 Å². The standard InChI is InChI=1S/C8H4N2O6/c11-7(12)3-1-5(9-15)6(10-16)2-4(3)8(13)14/h1-2H,(H,11,12)(H,13,14). The van der Waals surface area contributed by atoms with Gasteiger partial charge in [-0.1, -0.05) is 0 Å². The molecule has 1 rings (SSSR count). The third-order valence-electron chi connectivity index (χ3n) is 1.77.